The van der Waals surface area contributed by atoms with Gasteiger partial charge in [-0.2, -0.15) is 0 Å². The molecular formula is C14H10O6. The van der Waals surface area contributed by atoms with Gasteiger partial charge in [0.2, 0.25) is 0 Å². The minimum Gasteiger partial charge on any atom is -0.449 e. The molecular weight excluding hydrogens is 264 g/mol. The molecule has 0 saturated carbocycles. The Morgan fingerprint density at radius 2 is 1.25 bits per heavy atom. The molecule has 0 radical (unpaired) electrons. The molecule has 102 valence electrons. The second kappa shape index (κ2) is 5.75. The molecule has 0 spiro atoms. The maximum Gasteiger partial charge on any atom is 0.511 e. The highest BCUT2D eigenvalue weighted by Crippen LogP contribution is 2.30. The topological polar surface area (TPSA) is 93.1 Å². The normalized spacial score (nSPS) is 9.80. The van der Waals surface area contributed by atoms with Crippen molar-refractivity contribution in [3.05, 3.63) is 48.5 Å². The van der Waals surface area contributed by atoms with Crippen molar-refractivity contribution < 1.29 is 29.3 Å². The van der Waals surface area contributed by atoms with Gasteiger partial charge in [-0.15, -0.1) is 0 Å². The smallest absolute Gasteiger partial charge is 0.449 e. The highest BCUT2D eigenvalue weighted by atomic mass is 16.7. The fourth-order valence-electron chi connectivity index (χ4n) is 1.69. The summed E-state index contributed by atoms with van der Waals surface area (Å²) in [4.78, 5) is 21.1. The highest BCUT2D eigenvalue weighted by molar-refractivity contribution is 5.71. The van der Waals surface area contributed by atoms with E-state index in [0.29, 0.717) is 5.56 Å². The molecule has 0 fully saturated rings. The summed E-state index contributed by atoms with van der Waals surface area (Å²) in [6, 6.07) is 13.2. The Kier molecular flexibility index (Phi) is 3.85. The molecule has 0 amide bonds. The van der Waals surface area contributed by atoms with Crippen LogP contribution in [0.3, 0.4) is 0 Å². The Hall–Kier alpha value is -3.02. The fourth-order valence-corrected chi connectivity index (χ4v) is 1.69. The molecule has 0 atom stereocenters. The van der Waals surface area contributed by atoms with Gasteiger partial charge in [0.25, 0.3) is 0 Å². The van der Waals surface area contributed by atoms with E-state index in [1.54, 1.807) is 24.3 Å². The van der Waals surface area contributed by atoms with Gasteiger partial charge >= 0.3 is 12.3 Å². The quantitative estimate of drug-likeness (QED) is 0.657. The number of hydrogen-bond donors (Lipinski definition) is 2. The van der Waals surface area contributed by atoms with E-state index in [9.17, 15) is 9.59 Å². The molecule has 0 aliphatic heterocycles. The van der Waals surface area contributed by atoms with Gasteiger partial charge in [-0.05, 0) is 23.3 Å². The first-order chi connectivity index (χ1) is 9.54. The van der Waals surface area contributed by atoms with Crippen molar-refractivity contribution in [2.24, 2.45) is 0 Å². The number of carbonyl (C=O) groups is 2. The molecule has 2 aromatic rings. The summed E-state index contributed by atoms with van der Waals surface area (Å²) in [5.41, 5.74) is 1.36. The minimum absolute atomic E-state index is 0.0184. The number of rotatable bonds is 3. The molecule has 2 rings (SSSR count). The second-order valence-corrected chi connectivity index (χ2v) is 3.80. The Labute approximate surface area is 113 Å². The highest BCUT2D eigenvalue weighted by Gasteiger charge is 2.10. The van der Waals surface area contributed by atoms with Crippen LogP contribution in [0.15, 0.2) is 48.5 Å². The van der Waals surface area contributed by atoms with Crippen LogP contribution in [0.4, 0.5) is 9.59 Å². The van der Waals surface area contributed by atoms with Crippen LogP contribution in [0.5, 0.6) is 11.5 Å². The van der Waals surface area contributed by atoms with E-state index in [1.165, 1.54) is 18.2 Å². The summed E-state index contributed by atoms with van der Waals surface area (Å²) in [7, 11) is 0. The molecule has 0 saturated heterocycles. The van der Waals surface area contributed by atoms with Crippen LogP contribution in [-0.2, 0) is 0 Å². The number of hydrogen-bond acceptors (Lipinski definition) is 4. The maximum atomic E-state index is 10.6. The molecule has 2 N–H and O–H groups in total. The zero-order valence-electron chi connectivity index (χ0n) is 10.1. The molecule has 2 aromatic carbocycles. The largest absolute Gasteiger partial charge is 0.511 e. The first-order valence-corrected chi connectivity index (χ1v) is 5.56. The van der Waals surface area contributed by atoms with Crippen molar-refractivity contribution in [3.8, 4) is 22.6 Å². The average molecular weight is 274 g/mol. The van der Waals surface area contributed by atoms with Crippen molar-refractivity contribution >= 4 is 12.3 Å². The minimum atomic E-state index is -1.49. The summed E-state index contributed by atoms with van der Waals surface area (Å²) < 4.78 is 9.08. The van der Waals surface area contributed by atoms with Crippen LogP contribution in [0, 0.1) is 0 Å². The molecule has 0 aliphatic carbocycles. The number of carboxylic acid groups (broad SMARTS) is 2. The van der Waals surface area contributed by atoms with Gasteiger partial charge in [0.15, 0.2) is 0 Å². The summed E-state index contributed by atoms with van der Waals surface area (Å²) in [6.45, 7) is 0. The first-order valence-electron chi connectivity index (χ1n) is 5.56. The fraction of sp³-hybridized carbons (Fsp3) is 0. The molecule has 20 heavy (non-hydrogen) atoms. The van der Waals surface area contributed by atoms with E-state index in [0.717, 1.165) is 5.56 Å². The third kappa shape index (κ3) is 3.49. The van der Waals surface area contributed by atoms with Gasteiger partial charge in [0.05, 0.1) is 0 Å². The van der Waals surface area contributed by atoms with Crippen molar-refractivity contribution in [1.82, 2.24) is 0 Å². The lowest BCUT2D eigenvalue weighted by molar-refractivity contribution is 0.143. The van der Waals surface area contributed by atoms with Crippen molar-refractivity contribution in [3.63, 3.8) is 0 Å². The third-order valence-electron chi connectivity index (χ3n) is 2.40. The van der Waals surface area contributed by atoms with Crippen molar-refractivity contribution in [2.75, 3.05) is 0 Å². The van der Waals surface area contributed by atoms with E-state index >= 15 is 0 Å². The Morgan fingerprint density at radius 1 is 0.750 bits per heavy atom. The molecule has 6 nitrogen and oxygen atoms in total. The van der Waals surface area contributed by atoms with Gasteiger partial charge in [-0.1, -0.05) is 30.3 Å². The van der Waals surface area contributed by atoms with Crippen molar-refractivity contribution in [1.29, 1.82) is 0 Å². The Balaban J connectivity index is 2.44. The Bertz CT molecular complexity index is 601. The molecule has 0 unspecified atom stereocenters. The molecule has 6 heteroatoms. The predicted molar refractivity (Wildman–Crippen MR) is 69.2 cm³/mol. The summed E-state index contributed by atoms with van der Waals surface area (Å²) in [5, 5.41) is 17.2. The van der Waals surface area contributed by atoms with Crippen LogP contribution in [-0.4, -0.2) is 22.5 Å². The van der Waals surface area contributed by atoms with E-state index in [1.807, 2.05) is 6.07 Å². The lowest BCUT2D eigenvalue weighted by Gasteiger charge is -2.08. The summed E-state index contributed by atoms with van der Waals surface area (Å²) in [6.07, 6.45) is -2.98. The monoisotopic (exact) mass is 274 g/mol. The van der Waals surface area contributed by atoms with Crippen LogP contribution < -0.4 is 9.47 Å². The van der Waals surface area contributed by atoms with E-state index in [4.69, 9.17) is 10.2 Å². The molecule has 0 aliphatic rings. The van der Waals surface area contributed by atoms with Crippen molar-refractivity contribution in [2.45, 2.75) is 0 Å². The lowest BCUT2D eigenvalue weighted by Crippen LogP contribution is -2.06. The number of ether oxygens (including phenoxy) is 2. The van der Waals surface area contributed by atoms with Crippen LogP contribution >= 0.6 is 0 Å². The van der Waals surface area contributed by atoms with Gasteiger partial charge in [-0.25, -0.2) is 9.59 Å². The zero-order chi connectivity index (χ0) is 14.5. The average Bonchev–Trinajstić information content (AvgIpc) is 2.38. The van der Waals surface area contributed by atoms with Gasteiger partial charge < -0.3 is 19.7 Å². The molecule has 0 heterocycles. The molecule has 0 bridgehead atoms. The zero-order valence-corrected chi connectivity index (χ0v) is 10.1. The van der Waals surface area contributed by atoms with Crippen LogP contribution in [0.25, 0.3) is 11.1 Å². The standard InChI is InChI=1S/C14H10O6/c15-13(16)19-11-6-10(9-4-2-1-3-5-9)7-12(8-11)20-14(17)18/h1-8H,(H,15,16)(H,17,18). The number of benzene rings is 2. The van der Waals surface area contributed by atoms with Gasteiger partial charge in [0.1, 0.15) is 11.5 Å². The summed E-state index contributed by atoms with van der Waals surface area (Å²) in [5.74, 6) is -0.0368. The second-order valence-electron chi connectivity index (χ2n) is 3.80. The molecule has 0 aromatic heterocycles. The van der Waals surface area contributed by atoms with Crippen LogP contribution in [0.2, 0.25) is 0 Å². The van der Waals surface area contributed by atoms with Gasteiger partial charge in [0, 0.05) is 6.07 Å². The maximum absolute atomic E-state index is 10.6. The third-order valence-corrected chi connectivity index (χ3v) is 2.40. The lowest BCUT2D eigenvalue weighted by atomic mass is 10.1. The van der Waals surface area contributed by atoms with Gasteiger partial charge in [-0.3, -0.25) is 0 Å². The van der Waals surface area contributed by atoms with E-state index < -0.39 is 12.3 Å². The predicted octanol–water partition coefficient (Wildman–Crippen LogP) is 3.47. The first kappa shape index (κ1) is 13.4. The van der Waals surface area contributed by atoms with Crippen LogP contribution in [0.1, 0.15) is 0 Å². The summed E-state index contributed by atoms with van der Waals surface area (Å²) >= 11 is 0. The van der Waals surface area contributed by atoms with E-state index in [-0.39, 0.29) is 11.5 Å². The SMILES string of the molecule is O=C(O)Oc1cc(OC(=O)O)cc(-c2ccccc2)c1. The Morgan fingerprint density at radius 3 is 1.70 bits per heavy atom. The van der Waals surface area contributed by atoms with E-state index in [2.05, 4.69) is 9.47 Å².